The zero-order valence-corrected chi connectivity index (χ0v) is 12.7. The second-order valence-corrected chi connectivity index (χ2v) is 6.80. The second kappa shape index (κ2) is 6.17. The van der Waals surface area contributed by atoms with Gasteiger partial charge in [0.15, 0.2) is 9.84 Å². The number of carboxylic acids is 1. The van der Waals surface area contributed by atoms with E-state index in [1.807, 2.05) is 0 Å². The summed E-state index contributed by atoms with van der Waals surface area (Å²) in [5.74, 6) is -2.63. The van der Waals surface area contributed by atoms with Gasteiger partial charge in [-0.15, -0.1) is 0 Å². The van der Waals surface area contributed by atoms with Crippen LogP contribution in [0.3, 0.4) is 0 Å². The Labute approximate surface area is 131 Å². The van der Waals surface area contributed by atoms with Gasteiger partial charge in [0.25, 0.3) is 5.91 Å². The standard InChI is InChI=1S/C15H12FNO5S/c1-23(21,22)13-7-10(15(19)20)6-12(8-13)17-14(18)9-3-2-4-11(16)5-9/h2-8H,1H3,(H,17,18)(H,19,20). The summed E-state index contributed by atoms with van der Waals surface area (Å²) in [6, 6.07) is 8.15. The average molecular weight is 337 g/mol. The molecule has 0 heterocycles. The Morgan fingerprint density at radius 2 is 1.78 bits per heavy atom. The van der Waals surface area contributed by atoms with Crippen LogP contribution in [0.25, 0.3) is 0 Å². The molecule has 6 nitrogen and oxygen atoms in total. The first-order chi connectivity index (χ1) is 10.7. The van der Waals surface area contributed by atoms with Gasteiger partial charge in [0, 0.05) is 17.5 Å². The van der Waals surface area contributed by atoms with Crippen LogP contribution in [0.2, 0.25) is 0 Å². The second-order valence-electron chi connectivity index (χ2n) is 4.79. The molecule has 23 heavy (non-hydrogen) atoms. The van der Waals surface area contributed by atoms with Crippen LogP contribution in [0.4, 0.5) is 10.1 Å². The van der Waals surface area contributed by atoms with Gasteiger partial charge in [-0.05, 0) is 36.4 Å². The minimum atomic E-state index is -3.66. The molecule has 1 amide bonds. The largest absolute Gasteiger partial charge is 0.478 e. The third-order valence-corrected chi connectivity index (χ3v) is 4.02. The molecule has 0 fully saturated rings. The summed E-state index contributed by atoms with van der Waals surface area (Å²) in [6.07, 6.45) is 0.923. The predicted octanol–water partition coefficient (Wildman–Crippen LogP) is 2.18. The number of aromatic carboxylic acids is 1. The molecule has 0 saturated heterocycles. The third-order valence-electron chi connectivity index (χ3n) is 2.93. The van der Waals surface area contributed by atoms with E-state index in [-0.39, 0.29) is 21.7 Å². The fourth-order valence-corrected chi connectivity index (χ4v) is 2.52. The Morgan fingerprint density at radius 3 is 2.35 bits per heavy atom. The molecule has 0 aliphatic heterocycles. The summed E-state index contributed by atoms with van der Waals surface area (Å²) in [5, 5.41) is 11.4. The van der Waals surface area contributed by atoms with E-state index in [1.54, 1.807) is 0 Å². The first-order valence-corrected chi connectivity index (χ1v) is 8.21. The molecule has 8 heteroatoms. The Bertz CT molecular complexity index is 892. The highest BCUT2D eigenvalue weighted by Crippen LogP contribution is 2.20. The molecular formula is C15H12FNO5S. The molecule has 0 unspecified atom stereocenters. The molecule has 2 aromatic carbocycles. The van der Waals surface area contributed by atoms with Crippen LogP contribution in [0.15, 0.2) is 47.4 Å². The molecule has 0 radical (unpaired) electrons. The van der Waals surface area contributed by atoms with Crippen molar-refractivity contribution in [3.05, 3.63) is 59.4 Å². The maximum absolute atomic E-state index is 13.1. The van der Waals surface area contributed by atoms with Gasteiger partial charge < -0.3 is 10.4 Å². The topological polar surface area (TPSA) is 101 Å². The molecule has 2 N–H and O–H groups in total. The van der Waals surface area contributed by atoms with Crippen LogP contribution in [0.1, 0.15) is 20.7 Å². The number of carbonyl (C=O) groups is 2. The number of halogens is 1. The number of amides is 1. The van der Waals surface area contributed by atoms with E-state index in [9.17, 15) is 22.4 Å². The average Bonchev–Trinajstić information content (AvgIpc) is 2.46. The Kier molecular flexibility index (Phi) is 4.46. The van der Waals surface area contributed by atoms with E-state index in [4.69, 9.17) is 5.11 Å². The summed E-state index contributed by atoms with van der Waals surface area (Å²) >= 11 is 0. The predicted molar refractivity (Wildman–Crippen MR) is 80.9 cm³/mol. The van der Waals surface area contributed by atoms with Crippen molar-refractivity contribution in [2.75, 3.05) is 11.6 Å². The summed E-state index contributed by atoms with van der Waals surface area (Å²) in [5.41, 5.74) is -0.284. The number of hydrogen-bond donors (Lipinski definition) is 2. The Morgan fingerprint density at radius 1 is 1.09 bits per heavy atom. The molecule has 0 aliphatic carbocycles. The van der Waals surface area contributed by atoms with Crippen molar-refractivity contribution in [3.8, 4) is 0 Å². The number of rotatable bonds is 4. The van der Waals surface area contributed by atoms with Crippen LogP contribution in [-0.2, 0) is 9.84 Å². The van der Waals surface area contributed by atoms with E-state index in [1.165, 1.54) is 18.2 Å². The molecule has 0 aliphatic rings. The van der Waals surface area contributed by atoms with Crippen LogP contribution in [0, 0.1) is 5.82 Å². The highest BCUT2D eigenvalue weighted by atomic mass is 32.2. The molecule has 120 valence electrons. The molecule has 0 saturated carbocycles. The van der Waals surface area contributed by atoms with Crippen molar-refractivity contribution in [3.63, 3.8) is 0 Å². The number of nitrogens with one attached hydrogen (secondary N) is 1. The lowest BCUT2D eigenvalue weighted by molar-refractivity contribution is 0.0696. The van der Waals surface area contributed by atoms with E-state index < -0.39 is 27.5 Å². The summed E-state index contributed by atoms with van der Waals surface area (Å²) in [4.78, 5) is 22.9. The zero-order valence-electron chi connectivity index (χ0n) is 11.9. The third kappa shape index (κ3) is 4.13. The number of carbonyl (C=O) groups excluding carboxylic acids is 1. The van der Waals surface area contributed by atoms with E-state index >= 15 is 0 Å². The van der Waals surface area contributed by atoms with Crippen LogP contribution in [0.5, 0.6) is 0 Å². The van der Waals surface area contributed by atoms with Crippen molar-refractivity contribution in [2.24, 2.45) is 0 Å². The quantitative estimate of drug-likeness (QED) is 0.890. The van der Waals surface area contributed by atoms with Crippen molar-refractivity contribution >= 4 is 27.4 Å². The van der Waals surface area contributed by atoms with Crippen LogP contribution in [-0.4, -0.2) is 31.7 Å². The van der Waals surface area contributed by atoms with Gasteiger partial charge in [0.2, 0.25) is 0 Å². The highest BCUT2D eigenvalue weighted by molar-refractivity contribution is 7.90. The van der Waals surface area contributed by atoms with E-state index in [2.05, 4.69) is 5.32 Å². The van der Waals surface area contributed by atoms with Crippen molar-refractivity contribution in [2.45, 2.75) is 4.90 Å². The van der Waals surface area contributed by atoms with Crippen molar-refractivity contribution < 1.29 is 27.5 Å². The van der Waals surface area contributed by atoms with Gasteiger partial charge in [0.1, 0.15) is 5.82 Å². The lowest BCUT2D eigenvalue weighted by Gasteiger charge is -2.09. The van der Waals surface area contributed by atoms with Gasteiger partial charge in [-0.2, -0.15) is 0 Å². The summed E-state index contributed by atoms with van der Waals surface area (Å²) < 4.78 is 36.3. The lowest BCUT2D eigenvalue weighted by Crippen LogP contribution is -2.13. The zero-order chi connectivity index (χ0) is 17.2. The number of benzene rings is 2. The van der Waals surface area contributed by atoms with E-state index in [0.29, 0.717) is 0 Å². The fraction of sp³-hybridized carbons (Fsp3) is 0.0667. The number of hydrogen-bond acceptors (Lipinski definition) is 4. The molecule has 0 bridgehead atoms. The van der Waals surface area contributed by atoms with Gasteiger partial charge in [-0.3, -0.25) is 4.79 Å². The highest BCUT2D eigenvalue weighted by Gasteiger charge is 2.15. The molecule has 0 aromatic heterocycles. The van der Waals surface area contributed by atoms with Crippen molar-refractivity contribution in [1.82, 2.24) is 0 Å². The molecular weight excluding hydrogens is 325 g/mol. The monoisotopic (exact) mass is 337 g/mol. The normalized spacial score (nSPS) is 11.0. The fourth-order valence-electron chi connectivity index (χ4n) is 1.84. The maximum atomic E-state index is 13.1. The Balaban J connectivity index is 2.41. The molecule has 0 atom stereocenters. The number of sulfone groups is 1. The smallest absolute Gasteiger partial charge is 0.335 e. The first kappa shape index (κ1) is 16.6. The molecule has 2 aromatic rings. The van der Waals surface area contributed by atoms with Crippen LogP contribution >= 0.6 is 0 Å². The van der Waals surface area contributed by atoms with Gasteiger partial charge in [-0.25, -0.2) is 17.6 Å². The van der Waals surface area contributed by atoms with Crippen molar-refractivity contribution in [1.29, 1.82) is 0 Å². The number of anilines is 1. The van der Waals surface area contributed by atoms with Gasteiger partial charge in [-0.1, -0.05) is 6.07 Å². The minimum absolute atomic E-state index is 0.0143. The van der Waals surface area contributed by atoms with Gasteiger partial charge in [0.05, 0.1) is 10.5 Å². The summed E-state index contributed by atoms with van der Waals surface area (Å²) in [7, 11) is -3.66. The molecule has 0 spiro atoms. The van der Waals surface area contributed by atoms with Gasteiger partial charge >= 0.3 is 5.97 Å². The first-order valence-electron chi connectivity index (χ1n) is 6.32. The Hall–Kier alpha value is -2.74. The van der Waals surface area contributed by atoms with Crippen LogP contribution < -0.4 is 5.32 Å². The maximum Gasteiger partial charge on any atom is 0.335 e. The number of carboxylic acid groups (broad SMARTS) is 1. The minimum Gasteiger partial charge on any atom is -0.478 e. The lowest BCUT2D eigenvalue weighted by atomic mass is 10.1. The molecule has 2 rings (SSSR count). The SMILES string of the molecule is CS(=O)(=O)c1cc(NC(=O)c2cccc(F)c2)cc(C(=O)O)c1. The van der Waals surface area contributed by atoms with E-state index in [0.717, 1.165) is 30.5 Å². The summed E-state index contributed by atoms with van der Waals surface area (Å²) in [6.45, 7) is 0.